The normalized spacial score (nSPS) is 14.1. The first kappa shape index (κ1) is 14.5. The molecule has 0 saturated heterocycles. The minimum atomic E-state index is 0.0252. The van der Waals surface area contributed by atoms with Crippen molar-refractivity contribution >= 4 is 28.5 Å². The zero-order valence-electron chi connectivity index (χ0n) is 10.7. The van der Waals surface area contributed by atoms with Crippen molar-refractivity contribution in [2.45, 2.75) is 39.7 Å². The average molecular weight is 345 g/mol. The predicted molar refractivity (Wildman–Crippen MR) is 80.2 cm³/mol. The van der Waals surface area contributed by atoms with Crippen LogP contribution in [0.3, 0.4) is 0 Å². The molecule has 17 heavy (non-hydrogen) atoms. The second-order valence-electron chi connectivity index (χ2n) is 4.63. The number of benzene rings is 1. The van der Waals surface area contributed by atoms with Crippen molar-refractivity contribution in [2.75, 3.05) is 0 Å². The lowest BCUT2D eigenvalue weighted by molar-refractivity contribution is 0.0935. The number of nitrogens with one attached hydrogen (secondary N) is 1. The number of hydrogen-bond donors (Lipinski definition) is 1. The van der Waals surface area contributed by atoms with Gasteiger partial charge in [0.25, 0.3) is 5.91 Å². The summed E-state index contributed by atoms with van der Waals surface area (Å²) in [6.45, 7) is 6.46. The lowest BCUT2D eigenvalue weighted by atomic mass is 10.0. The fourth-order valence-corrected chi connectivity index (χ4v) is 2.10. The van der Waals surface area contributed by atoms with E-state index >= 15 is 0 Å². The van der Waals surface area contributed by atoms with Gasteiger partial charge in [-0.3, -0.25) is 4.79 Å². The molecule has 0 radical (unpaired) electrons. The van der Waals surface area contributed by atoms with E-state index in [0.29, 0.717) is 5.92 Å². The smallest absolute Gasteiger partial charge is 0.251 e. The highest BCUT2D eigenvalue weighted by atomic mass is 127. The maximum absolute atomic E-state index is 11.9. The van der Waals surface area contributed by atoms with Crippen LogP contribution in [-0.2, 0) is 0 Å². The summed E-state index contributed by atoms with van der Waals surface area (Å²) in [6, 6.07) is 7.88. The first-order valence-corrected chi connectivity index (χ1v) is 7.17. The topological polar surface area (TPSA) is 29.1 Å². The van der Waals surface area contributed by atoms with E-state index in [1.807, 2.05) is 24.3 Å². The molecule has 0 spiro atoms. The van der Waals surface area contributed by atoms with Crippen LogP contribution < -0.4 is 5.32 Å². The zero-order chi connectivity index (χ0) is 12.8. The van der Waals surface area contributed by atoms with Crippen LogP contribution in [0.1, 0.15) is 44.0 Å². The number of hydrogen-bond acceptors (Lipinski definition) is 1. The summed E-state index contributed by atoms with van der Waals surface area (Å²) >= 11 is 2.23. The molecule has 1 aromatic carbocycles. The lowest BCUT2D eigenvalue weighted by Crippen LogP contribution is -2.33. The summed E-state index contributed by atoms with van der Waals surface area (Å²) < 4.78 is 1.15. The standard InChI is InChI=1S/C14H20INO/c1-4-10(2)9-11(3)16-14(17)12-5-7-13(15)8-6-12/h5-8,10-11H,4,9H2,1-3H3,(H,16,17). The van der Waals surface area contributed by atoms with E-state index in [4.69, 9.17) is 0 Å². The van der Waals surface area contributed by atoms with Crippen LogP contribution in [0.2, 0.25) is 0 Å². The fraction of sp³-hybridized carbons (Fsp3) is 0.500. The zero-order valence-corrected chi connectivity index (χ0v) is 12.8. The second-order valence-corrected chi connectivity index (χ2v) is 5.88. The van der Waals surface area contributed by atoms with Crippen molar-refractivity contribution in [3.63, 3.8) is 0 Å². The third kappa shape index (κ3) is 5.06. The number of carbonyl (C=O) groups excluding carboxylic acids is 1. The highest BCUT2D eigenvalue weighted by Gasteiger charge is 2.11. The van der Waals surface area contributed by atoms with Crippen LogP contribution in [0.4, 0.5) is 0 Å². The van der Waals surface area contributed by atoms with Crippen molar-refractivity contribution in [1.82, 2.24) is 5.32 Å². The number of carbonyl (C=O) groups is 1. The van der Waals surface area contributed by atoms with Crippen LogP contribution in [0.25, 0.3) is 0 Å². The van der Waals surface area contributed by atoms with Crippen LogP contribution in [0.5, 0.6) is 0 Å². The Hall–Kier alpha value is -0.580. The molecule has 94 valence electrons. The molecule has 1 amide bonds. The van der Waals surface area contributed by atoms with Crippen LogP contribution >= 0.6 is 22.6 Å². The Morgan fingerprint density at radius 1 is 1.29 bits per heavy atom. The molecule has 0 aliphatic rings. The van der Waals surface area contributed by atoms with E-state index in [2.05, 4.69) is 48.7 Å². The van der Waals surface area contributed by atoms with E-state index in [-0.39, 0.29) is 11.9 Å². The van der Waals surface area contributed by atoms with Crippen LogP contribution in [-0.4, -0.2) is 11.9 Å². The molecule has 2 nitrogen and oxygen atoms in total. The predicted octanol–water partition coefficient (Wildman–Crippen LogP) is 3.85. The van der Waals surface area contributed by atoms with E-state index < -0.39 is 0 Å². The Balaban J connectivity index is 2.51. The third-order valence-electron chi connectivity index (χ3n) is 2.94. The van der Waals surface area contributed by atoms with Gasteiger partial charge >= 0.3 is 0 Å². The highest BCUT2D eigenvalue weighted by Crippen LogP contribution is 2.11. The van der Waals surface area contributed by atoms with Gasteiger partial charge in [0.05, 0.1) is 0 Å². The molecule has 2 atom stereocenters. The molecule has 0 aliphatic carbocycles. The average Bonchev–Trinajstić information content (AvgIpc) is 2.29. The van der Waals surface area contributed by atoms with Gasteiger partial charge < -0.3 is 5.32 Å². The highest BCUT2D eigenvalue weighted by molar-refractivity contribution is 14.1. The van der Waals surface area contributed by atoms with Gasteiger partial charge in [-0.25, -0.2) is 0 Å². The Morgan fingerprint density at radius 3 is 2.41 bits per heavy atom. The minimum absolute atomic E-state index is 0.0252. The molecule has 3 heteroatoms. The summed E-state index contributed by atoms with van der Waals surface area (Å²) in [5.41, 5.74) is 0.737. The SMILES string of the molecule is CCC(C)CC(C)NC(=O)c1ccc(I)cc1. The van der Waals surface area contributed by atoms with E-state index in [1.165, 1.54) is 0 Å². The van der Waals surface area contributed by atoms with Crippen molar-refractivity contribution < 1.29 is 4.79 Å². The van der Waals surface area contributed by atoms with Gasteiger partial charge in [0.1, 0.15) is 0 Å². The molecule has 1 N–H and O–H groups in total. The van der Waals surface area contributed by atoms with Crippen molar-refractivity contribution in [3.8, 4) is 0 Å². The summed E-state index contributed by atoms with van der Waals surface area (Å²) in [6.07, 6.45) is 2.19. The maximum Gasteiger partial charge on any atom is 0.251 e. The Kier molecular flexibility index (Phi) is 5.95. The first-order valence-electron chi connectivity index (χ1n) is 6.09. The molecule has 2 unspecified atom stereocenters. The van der Waals surface area contributed by atoms with Crippen LogP contribution in [0, 0.1) is 9.49 Å². The van der Waals surface area contributed by atoms with Gasteiger partial charge in [0.15, 0.2) is 0 Å². The number of amides is 1. The molecule has 0 fully saturated rings. The van der Waals surface area contributed by atoms with E-state index in [9.17, 15) is 4.79 Å². The quantitative estimate of drug-likeness (QED) is 0.807. The molecule has 0 aliphatic heterocycles. The summed E-state index contributed by atoms with van der Waals surface area (Å²) in [7, 11) is 0. The van der Waals surface area contributed by atoms with Gasteiger partial charge in [0, 0.05) is 15.2 Å². The van der Waals surface area contributed by atoms with Gasteiger partial charge in [-0.2, -0.15) is 0 Å². The van der Waals surface area contributed by atoms with Gasteiger partial charge in [-0.15, -0.1) is 0 Å². The molecular formula is C14H20INO. The Bertz CT molecular complexity index is 361. The van der Waals surface area contributed by atoms with Gasteiger partial charge in [-0.1, -0.05) is 20.3 Å². The van der Waals surface area contributed by atoms with Crippen molar-refractivity contribution in [1.29, 1.82) is 0 Å². The minimum Gasteiger partial charge on any atom is -0.350 e. The van der Waals surface area contributed by atoms with Crippen molar-refractivity contribution in [3.05, 3.63) is 33.4 Å². The van der Waals surface area contributed by atoms with Gasteiger partial charge in [0.2, 0.25) is 0 Å². The van der Waals surface area contributed by atoms with Crippen molar-refractivity contribution in [2.24, 2.45) is 5.92 Å². The van der Waals surface area contributed by atoms with E-state index in [1.54, 1.807) is 0 Å². The van der Waals surface area contributed by atoms with Crippen LogP contribution in [0.15, 0.2) is 24.3 Å². The largest absolute Gasteiger partial charge is 0.350 e. The molecule has 0 bridgehead atoms. The molecule has 0 aromatic heterocycles. The molecule has 0 saturated carbocycles. The second kappa shape index (κ2) is 6.99. The third-order valence-corrected chi connectivity index (χ3v) is 3.66. The molecule has 0 heterocycles. The van der Waals surface area contributed by atoms with Gasteiger partial charge in [-0.05, 0) is 66.1 Å². The summed E-state index contributed by atoms with van der Waals surface area (Å²) in [5, 5.41) is 3.04. The molecular weight excluding hydrogens is 325 g/mol. The molecule has 1 rings (SSSR count). The lowest BCUT2D eigenvalue weighted by Gasteiger charge is -2.17. The monoisotopic (exact) mass is 345 g/mol. The molecule has 1 aromatic rings. The Morgan fingerprint density at radius 2 is 1.88 bits per heavy atom. The fourth-order valence-electron chi connectivity index (χ4n) is 1.74. The Labute approximate surface area is 117 Å². The number of rotatable bonds is 5. The first-order chi connectivity index (χ1) is 8.02. The van der Waals surface area contributed by atoms with E-state index in [0.717, 1.165) is 22.0 Å². The summed E-state index contributed by atoms with van der Waals surface area (Å²) in [4.78, 5) is 11.9. The number of halogens is 1. The summed E-state index contributed by atoms with van der Waals surface area (Å²) in [5.74, 6) is 0.680. The maximum atomic E-state index is 11.9.